The van der Waals surface area contributed by atoms with Crippen molar-refractivity contribution in [3.63, 3.8) is 0 Å². The summed E-state index contributed by atoms with van der Waals surface area (Å²) >= 11 is 0. The lowest BCUT2D eigenvalue weighted by atomic mass is 10.0. The Morgan fingerprint density at radius 2 is 2.22 bits per heavy atom. The van der Waals surface area contributed by atoms with Crippen molar-refractivity contribution in [1.82, 2.24) is 10.3 Å². The van der Waals surface area contributed by atoms with E-state index in [1.54, 1.807) is 0 Å². The topological polar surface area (TPSA) is 34.2 Å². The van der Waals surface area contributed by atoms with Gasteiger partial charge in [-0.2, -0.15) is 0 Å². The fourth-order valence-corrected chi connectivity index (χ4v) is 2.42. The number of aromatic nitrogens is 1. The van der Waals surface area contributed by atoms with E-state index in [0.717, 1.165) is 31.6 Å². The molecule has 1 aromatic heterocycles. The number of fused-ring (bicyclic) bond motifs is 1. The quantitative estimate of drug-likeness (QED) is 0.834. The van der Waals surface area contributed by atoms with Crippen LogP contribution in [0.4, 0.5) is 0 Å². The molecule has 2 aromatic rings. The summed E-state index contributed by atoms with van der Waals surface area (Å²) in [5, 5.41) is 4.55. The van der Waals surface area contributed by atoms with Crippen LogP contribution in [0.1, 0.15) is 23.7 Å². The van der Waals surface area contributed by atoms with Crippen LogP contribution in [0.2, 0.25) is 0 Å². The lowest BCUT2D eigenvalue weighted by Crippen LogP contribution is -2.16. The molecule has 3 nitrogen and oxygen atoms in total. The number of benzene rings is 1. The number of ether oxygens (including phenoxy) is 1. The van der Waals surface area contributed by atoms with Crippen LogP contribution < -0.4 is 5.32 Å². The molecule has 1 N–H and O–H groups in total. The highest BCUT2D eigenvalue weighted by molar-refractivity contribution is 5.79. The number of hydrogen-bond donors (Lipinski definition) is 1. The van der Waals surface area contributed by atoms with Gasteiger partial charge in [-0.15, -0.1) is 0 Å². The molecular formula is C15H18N2O. The lowest BCUT2D eigenvalue weighted by Gasteiger charge is -2.15. The van der Waals surface area contributed by atoms with Crippen molar-refractivity contribution in [3.8, 4) is 0 Å². The molecule has 1 unspecified atom stereocenters. The minimum Gasteiger partial charge on any atom is -0.372 e. The average molecular weight is 242 g/mol. The summed E-state index contributed by atoms with van der Waals surface area (Å²) in [7, 11) is 0. The Hall–Kier alpha value is -1.45. The van der Waals surface area contributed by atoms with Gasteiger partial charge in [-0.05, 0) is 43.7 Å². The van der Waals surface area contributed by atoms with Gasteiger partial charge in [0.2, 0.25) is 0 Å². The number of aryl methyl sites for hydroxylation is 1. The zero-order chi connectivity index (χ0) is 12.4. The first-order valence-corrected chi connectivity index (χ1v) is 6.51. The van der Waals surface area contributed by atoms with Gasteiger partial charge >= 0.3 is 0 Å². The minimum absolute atomic E-state index is 0.178. The molecule has 1 saturated heterocycles. The van der Waals surface area contributed by atoms with Gasteiger partial charge in [0.25, 0.3) is 0 Å². The molecule has 3 heteroatoms. The Balaban J connectivity index is 1.96. The third kappa shape index (κ3) is 2.37. The van der Waals surface area contributed by atoms with Gasteiger partial charge in [0.05, 0.1) is 18.2 Å². The van der Waals surface area contributed by atoms with Crippen LogP contribution in [0, 0.1) is 6.92 Å². The second-order valence-corrected chi connectivity index (χ2v) is 4.86. The molecule has 3 rings (SSSR count). The first-order valence-electron chi connectivity index (χ1n) is 6.51. The van der Waals surface area contributed by atoms with Crippen LogP contribution in [0.5, 0.6) is 0 Å². The van der Waals surface area contributed by atoms with E-state index in [9.17, 15) is 0 Å². The summed E-state index contributed by atoms with van der Waals surface area (Å²) in [6, 6.07) is 8.57. The van der Waals surface area contributed by atoms with Crippen LogP contribution in [0.25, 0.3) is 10.9 Å². The number of hydrogen-bond acceptors (Lipinski definition) is 3. The fourth-order valence-electron chi connectivity index (χ4n) is 2.42. The van der Waals surface area contributed by atoms with Crippen LogP contribution in [0.3, 0.4) is 0 Å². The Bertz CT molecular complexity index is 545. The average Bonchev–Trinajstić information content (AvgIpc) is 2.66. The maximum atomic E-state index is 5.87. The monoisotopic (exact) mass is 242 g/mol. The highest BCUT2D eigenvalue weighted by Gasteiger charge is 2.15. The highest BCUT2D eigenvalue weighted by Crippen LogP contribution is 2.24. The number of nitrogens with zero attached hydrogens (tertiary/aromatic N) is 1. The molecule has 1 aromatic carbocycles. The van der Waals surface area contributed by atoms with Crippen molar-refractivity contribution >= 4 is 10.9 Å². The van der Waals surface area contributed by atoms with E-state index in [1.165, 1.54) is 16.5 Å². The van der Waals surface area contributed by atoms with Gasteiger partial charge in [0, 0.05) is 18.1 Å². The maximum absolute atomic E-state index is 5.87. The van der Waals surface area contributed by atoms with Crippen molar-refractivity contribution < 1.29 is 4.74 Å². The van der Waals surface area contributed by atoms with Crippen LogP contribution in [-0.4, -0.2) is 24.7 Å². The largest absolute Gasteiger partial charge is 0.372 e. The molecule has 0 radical (unpaired) electrons. The summed E-state index contributed by atoms with van der Waals surface area (Å²) in [6.45, 7) is 4.84. The smallest absolute Gasteiger partial charge is 0.0852 e. The molecule has 1 aliphatic rings. The molecule has 0 spiro atoms. The number of nitrogens with one attached hydrogen (secondary N) is 1. The van der Waals surface area contributed by atoms with Crippen molar-refractivity contribution in [3.05, 3.63) is 41.6 Å². The molecule has 0 saturated carbocycles. The predicted octanol–water partition coefficient (Wildman–Crippen LogP) is 2.59. The van der Waals surface area contributed by atoms with Crippen molar-refractivity contribution in [2.24, 2.45) is 0 Å². The van der Waals surface area contributed by atoms with Gasteiger partial charge in [-0.3, -0.25) is 4.98 Å². The molecule has 0 amide bonds. The number of pyridine rings is 1. The van der Waals surface area contributed by atoms with E-state index >= 15 is 0 Å². The second kappa shape index (κ2) is 5.04. The zero-order valence-electron chi connectivity index (χ0n) is 10.6. The Morgan fingerprint density at radius 1 is 1.28 bits per heavy atom. The van der Waals surface area contributed by atoms with Crippen LogP contribution >= 0.6 is 0 Å². The van der Waals surface area contributed by atoms with Gasteiger partial charge in [0.1, 0.15) is 0 Å². The SMILES string of the molecule is Cc1ccc2ncc(C3CCNCCO3)cc2c1. The van der Waals surface area contributed by atoms with E-state index in [2.05, 4.69) is 41.5 Å². The first-order chi connectivity index (χ1) is 8.83. The Labute approximate surface area is 107 Å². The summed E-state index contributed by atoms with van der Waals surface area (Å²) in [6.07, 6.45) is 3.14. The highest BCUT2D eigenvalue weighted by atomic mass is 16.5. The van der Waals surface area contributed by atoms with Crippen molar-refractivity contribution in [1.29, 1.82) is 0 Å². The predicted molar refractivity (Wildman–Crippen MR) is 72.7 cm³/mol. The molecular weight excluding hydrogens is 224 g/mol. The third-order valence-corrected chi connectivity index (χ3v) is 3.41. The number of rotatable bonds is 1. The molecule has 1 atom stereocenters. The van der Waals surface area contributed by atoms with E-state index in [-0.39, 0.29) is 6.10 Å². The van der Waals surface area contributed by atoms with Crippen molar-refractivity contribution in [2.75, 3.05) is 19.7 Å². The van der Waals surface area contributed by atoms with E-state index in [1.807, 2.05) is 6.20 Å². The second-order valence-electron chi connectivity index (χ2n) is 4.86. The molecule has 0 aliphatic carbocycles. The van der Waals surface area contributed by atoms with Gasteiger partial charge in [0.15, 0.2) is 0 Å². The fraction of sp³-hybridized carbons (Fsp3) is 0.400. The maximum Gasteiger partial charge on any atom is 0.0852 e. The van der Waals surface area contributed by atoms with Crippen molar-refractivity contribution in [2.45, 2.75) is 19.4 Å². The molecule has 18 heavy (non-hydrogen) atoms. The molecule has 1 aliphatic heterocycles. The molecule has 0 bridgehead atoms. The van der Waals surface area contributed by atoms with Crippen LogP contribution in [-0.2, 0) is 4.74 Å². The third-order valence-electron chi connectivity index (χ3n) is 3.41. The van der Waals surface area contributed by atoms with Gasteiger partial charge in [-0.1, -0.05) is 11.6 Å². The van der Waals surface area contributed by atoms with E-state index in [0.29, 0.717) is 0 Å². The first kappa shape index (κ1) is 11.6. The Kier molecular flexibility index (Phi) is 3.26. The summed E-state index contributed by atoms with van der Waals surface area (Å²) in [5.41, 5.74) is 3.51. The lowest BCUT2D eigenvalue weighted by molar-refractivity contribution is 0.0643. The Morgan fingerprint density at radius 3 is 3.17 bits per heavy atom. The molecule has 2 heterocycles. The van der Waals surface area contributed by atoms with E-state index in [4.69, 9.17) is 4.74 Å². The summed E-state index contributed by atoms with van der Waals surface area (Å²) < 4.78 is 5.87. The standard InChI is InChI=1S/C15H18N2O/c1-11-2-3-14-12(8-11)9-13(10-17-14)15-4-5-16-6-7-18-15/h2-3,8-10,15-16H,4-7H2,1H3. The van der Waals surface area contributed by atoms with Gasteiger partial charge in [-0.25, -0.2) is 0 Å². The van der Waals surface area contributed by atoms with E-state index < -0.39 is 0 Å². The molecule has 94 valence electrons. The van der Waals surface area contributed by atoms with Gasteiger partial charge < -0.3 is 10.1 Å². The summed E-state index contributed by atoms with van der Waals surface area (Å²) in [4.78, 5) is 4.53. The zero-order valence-corrected chi connectivity index (χ0v) is 10.6. The summed E-state index contributed by atoms with van der Waals surface area (Å²) in [5.74, 6) is 0. The minimum atomic E-state index is 0.178. The van der Waals surface area contributed by atoms with Crippen LogP contribution in [0.15, 0.2) is 30.5 Å². The normalized spacial score (nSPS) is 20.8. The molecule has 1 fully saturated rings.